The van der Waals surface area contributed by atoms with E-state index < -0.39 is 29.5 Å². The van der Waals surface area contributed by atoms with Gasteiger partial charge in [0.1, 0.15) is 29.3 Å². The molecular weight excluding hydrogens is 423 g/mol. The van der Waals surface area contributed by atoms with Gasteiger partial charge < -0.3 is 20.1 Å². The Bertz CT molecular complexity index is 1160. The molecule has 2 aliphatic heterocycles. The van der Waals surface area contributed by atoms with Crippen LogP contribution in [-0.4, -0.2) is 37.7 Å². The molecule has 2 atom stereocenters. The number of carbonyl (C=O) groups is 1. The van der Waals surface area contributed by atoms with E-state index in [1.54, 1.807) is 24.3 Å². The quantitative estimate of drug-likeness (QED) is 0.745. The molecule has 0 radical (unpaired) electrons. The van der Waals surface area contributed by atoms with Crippen molar-refractivity contribution in [3.8, 4) is 29.0 Å². The van der Waals surface area contributed by atoms with Gasteiger partial charge in [0.05, 0.1) is 17.7 Å². The molecule has 170 valence electrons. The Morgan fingerprint density at radius 1 is 1.30 bits per heavy atom. The number of nitrogens with one attached hydrogen (secondary N) is 2. The average Bonchev–Trinajstić information content (AvgIpc) is 3.09. The molecule has 2 aromatic rings. The SMILES string of the molecule is CC1(C)Oc2cc(C[C@@H](C#N)NC(=O)C3CNCCCO3)c(F)cc2-c2ccc(C#N)cc21. The summed E-state index contributed by atoms with van der Waals surface area (Å²) in [6, 6.07) is 11.5. The van der Waals surface area contributed by atoms with E-state index in [0.29, 0.717) is 30.0 Å². The van der Waals surface area contributed by atoms with Gasteiger partial charge in [0, 0.05) is 30.7 Å². The lowest BCUT2D eigenvalue weighted by atomic mass is 9.84. The summed E-state index contributed by atoms with van der Waals surface area (Å²) in [6.07, 6.45) is 0.116. The van der Waals surface area contributed by atoms with Gasteiger partial charge >= 0.3 is 0 Å². The smallest absolute Gasteiger partial charge is 0.251 e. The van der Waals surface area contributed by atoms with E-state index in [1.807, 2.05) is 19.9 Å². The minimum absolute atomic E-state index is 0.00841. The van der Waals surface area contributed by atoms with Crippen LogP contribution in [0, 0.1) is 28.5 Å². The number of nitriles is 2. The second-order valence-corrected chi connectivity index (χ2v) is 8.74. The summed E-state index contributed by atoms with van der Waals surface area (Å²) >= 11 is 0. The Morgan fingerprint density at radius 2 is 2.12 bits per heavy atom. The van der Waals surface area contributed by atoms with E-state index in [2.05, 4.69) is 16.7 Å². The fourth-order valence-electron chi connectivity index (χ4n) is 4.22. The summed E-state index contributed by atoms with van der Waals surface area (Å²) in [5.74, 6) is -0.393. The zero-order valence-electron chi connectivity index (χ0n) is 18.6. The zero-order chi connectivity index (χ0) is 23.6. The molecule has 2 heterocycles. The second kappa shape index (κ2) is 9.19. The van der Waals surface area contributed by atoms with Crippen LogP contribution in [-0.2, 0) is 21.6 Å². The third-order valence-corrected chi connectivity index (χ3v) is 5.94. The number of nitrogens with zero attached hydrogens (tertiary/aromatic N) is 2. The molecule has 33 heavy (non-hydrogen) atoms. The van der Waals surface area contributed by atoms with E-state index in [9.17, 15) is 15.3 Å². The highest BCUT2D eigenvalue weighted by atomic mass is 19.1. The van der Waals surface area contributed by atoms with Gasteiger partial charge in [-0.2, -0.15) is 10.5 Å². The number of halogens is 1. The van der Waals surface area contributed by atoms with E-state index in [4.69, 9.17) is 9.47 Å². The van der Waals surface area contributed by atoms with Crippen LogP contribution in [0.5, 0.6) is 5.75 Å². The molecular formula is C25H25FN4O3. The number of benzene rings is 2. The molecule has 0 aliphatic carbocycles. The van der Waals surface area contributed by atoms with Crippen LogP contribution in [0.15, 0.2) is 30.3 Å². The molecule has 0 spiro atoms. The third-order valence-electron chi connectivity index (χ3n) is 5.94. The van der Waals surface area contributed by atoms with Crippen LogP contribution in [0.4, 0.5) is 4.39 Å². The Morgan fingerprint density at radius 3 is 2.88 bits per heavy atom. The highest BCUT2D eigenvalue weighted by molar-refractivity contribution is 5.82. The summed E-state index contributed by atoms with van der Waals surface area (Å²) in [5.41, 5.74) is 2.25. The fraction of sp³-hybridized carbons (Fsp3) is 0.400. The second-order valence-electron chi connectivity index (χ2n) is 8.74. The lowest BCUT2D eigenvalue weighted by Gasteiger charge is -2.35. The van der Waals surface area contributed by atoms with Crippen molar-refractivity contribution in [1.29, 1.82) is 10.5 Å². The lowest BCUT2D eigenvalue weighted by Crippen LogP contribution is -2.46. The van der Waals surface area contributed by atoms with Gasteiger partial charge in [-0.3, -0.25) is 4.79 Å². The van der Waals surface area contributed by atoms with Crippen LogP contribution in [0.2, 0.25) is 0 Å². The predicted molar refractivity (Wildman–Crippen MR) is 119 cm³/mol. The first-order valence-electron chi connectivity index (χ1n) is 10.9. The lowest BCUT2D eigenvalue weighted by molar-refractivity contribution is -0.132. The standard InChI is InChI=1S/C25H25FN4O3/c1-25(2)20-8-15(12-27)4-5-18(20)19-11-21(26)16(10-22(19)33-25)9-17(13-28)30-24(31)23-14-29-6-3-7-32-23/h4-5,8,10-11,17,23,29H,3,6-7,9,14H2,1-2H3,(H,30,31)/t17-,23?/m0/s1. The van der Waals surface area contributed by atoms with Crippen LogP contribution < -0.4 is 15.4 Å². The molecule has 2 aromatic carbocycles. The normalized spacial score (nSPS) is 19.5. The van der Waals surface area contributed by atoms with Gasteiger partial charge in [-0.15, -0.1) is 0 Å². The maximum Gasteiger partial charge on any atom is 0.251 e. The number of ether oxygens (including phenoxy) is 2. The van der Waals surface area contributed by atoms with Crippen molar-refractivity contribution in [2.75, 3.05) is 19.7 Å². The van der Waals surface area contributed by atoms with E-state index in [1.165, 1.54) is 6.07 Å². The molecule has 0 bridgehead atoms. The minimum atomic E-state index is -0.918. The maximum atomic E-state index is 15.1. The number of rotatable bonds is 4. The zero-order valence-corrected chi connectivity index (χ0v) is 18.6. The monoisotopic (exact) mass is 448 g/mol. The molecule has 1 fully saturated rings. The van der Waals surface area contributed by atoms with Crippen molar-refractivity contribution in [2.24, 2.45) is 0 Å². The van der Waals surface area contributed by atoms with Gasteiger partial charge in [-0.25, -0.2) is 4.39 Å². The number of hydrogen-bond donors (Lipinski definition) is 2. The number of amides is 1. The highest BCUT2D eigenvalue weighted by Gasteiger charge is 2.34. The molecule has 0 aromatic heterocycles. The summed E-state index contributed by atoms with van der Waals surface area (Å²) in [4.78, 5) is 12.5. The maximum absolute atomic E-state index is 15.1. The van der Waals surface area contributed by atoms with E-state index in [0.717, 1.165) is 24.1 Å². The predicted octanol–water partition coefficient (Wildman–Crippen LogP) is 2.92. The first-order chi connectivity index (χ1) is 15.8. The van der Waals surface area contributed by atoms with Crippen molar-refractivity contribution >= 4 is 5.91 Å². The van der Waals surface area contributed by atoms with Crippen molar-refractivity contribution in [1.82, 2.24) is 10.6 Å². The first kappa shape index (κ1) is 22.7. The summed E-state index contributed by atoms with van der Waals surface area (Å²) in [7, 11) is 0. The summed E-state index contributed by atoms with van der Waals surface area (Å²) in [6.45, 7) is 5.37. The van der Waals surface area contributed by atoms with Gasteiger partial charge in [-0.1, -0.05) is 6.07 Å². The molecule has 2 aliphatic rings. The largest absolute Gasteiger partial charge is 0.482 e. The molecule has 0 saturated carbocycles. The average molecular weight is 448 g/mol. The Hall–Kier alpha value is -3.46. The summed E-state index contributed by atoms with van der Waals surface area (Å²) < 4.78 is 26.8. The fourth-order valence-corrected chi connectivity index (χ4v) is 4.22. The van der Waals surface area contributed by atoms with Gasteiger partial charge in [0.25, 0.3) is 5.91 Å². The van der Waals surface area contributed by atoms with Crippen LogP contribution in [0.1, 0.15) is 37.0 Å². The van der Waals surface area contributed by atoms with Crippen LogP contribution >= 0.6 is 0 Å². The van der Waals surface area contributed by atoms with E-state index in [-0.39, 0.29) is 12.0 Å². The first-order valence-corrected chi connectivity index (χ1v) is 10.9. The molecule has 1 saturated heterocycles. The Labute approximate surface area is 192 Å². The van der Waals surface area contributed by atoms with Crippen molar-refractivity contribution < 1.29 is 18.7 Å². The topological polar surface area (TPSA) is 107 Å². The van der Waals surface area contributed by atoms with Crippen molar-refractivity contribution in [2.45, 2.75) is 44.4 Å². The van der Waals surface area contributed by atoms with Crippen LogP contribution in [0.3, 0.4) is 0 Å². The number of fused-ring (bicyclic) bond motifs is 3. The molecule has 7 nitrogen and oxygen atoms in total. The third kappa shape index (κ3) is 4.68. The van der Waals surface area contributed by atoms with Gasteiger partial charge in [-0.05, 0) is 62.2 Å². The van der Waals surface area contributed by atoms with Crippen molar-refractivity contribution in [3.05, 3.63) is 52.8 Å². The molecule has 2 N–H and O–H groups in total. The molecule has 1 unspecified atom stereocenters. The summed E-state index contributed by atoms with van der Waals surface area (Å²) in [5, 5.41) is 24.6. The molecule has 1 amide bonds. The number of carbonyl (C=O) groups excluding carboxylic acids is 1. The minimum Gasteiger partial charge on any atom is -0.482 e. The van der Waals surface area contributed by atoms with Gasteiger partial charge in [0.15, 0.2) is 0 Å². The molecule has 8 heteroatoms. The number of hydrogen-bond acceptors (Lipinski definition) is 6. The van der Waals surface area contributed by atoms with Gasteiger partial charge in [0.2, 0.25) is 0 Å². The van der Waals surface area contributed by atoms with E-state index >= 15 is 4.39 Å². The Balaban J connectivity index is 1.58. The van der Waals surface area contributed by atoms with Crippen LogP contribution in [0.25, 0.3) is 11.1 Å². The Kier molecular flexibility index (Phi) is 6.33. The molecule has 4 rings (SSSR count). The highest BCUT2D eigenvalue weighted by Crippen LogP contribution is 2.46. The van der Waals surface area contributed by atoms with Crippen molar-refractivity contribution in [3.63, 3.8) is 0 Å².